The molecule has 0 amide bonds. The lowest BCUT2D eigenvalue weighted by molar-refractivity contribution is -0.167. The van der Waals surface area contributed by atoms with Crippen molar-refractivity contribution in [3.63, 3.8) is 0 Å². The molecular weight excluding hydrogens is 997 g/mol. The summed E-state index contributed by atoms with van der Waals surface area (Å²) >= 11 is 0. The normalized spacial score (nSPS) is 12.9. The Kier molecular flexibility index (Phi) is 64.8. The topological polar surface area (TPSA) is 78.9 Å². The van der Waals surface area contributed by atoms with Gasteiger partial charge in [0.25, 0.3) is 0 Å². The van der Waals surface area contributed by atoms with Gasteiger partial charge in [-0.2, -0.15) is 0 Å². The number of hydrogen-bond donors (Lipinski definition) is 0. The lowest BCUT2D eigenvalue weighted by Crippen LogP contribution is -2.30. The molecule has 0 N–H and O–H groups in total. The van der Waals surface area contributed by atoms with Gasteiger partial charge in [-0.1, -0.05) is 290 Å². The second-order valence-corrected chi connectivity index (χ2v) is 22.3. The summed E-state index contributed by atoms with van der Waals surface area (Å²) in [5.74, 6) is -0.902. The van der Waals surface area contributed by atoms with Crippen LogP contribution < -0.4 is 0 Å². The van der Waals surface area contributed by atoms with Crippen molar-refractivity contribution in [2.24, 2.45) is 0 Å². The summed E-state index contributed by atoms with van der Waals surface area (Å²) in [6.45, 7) is 6.45. The molecule has 462 valence electrons. The van der Waals surface area contributed by atoms with Crippen LogP contribution >= 0.6 is 0 Å². The van der Waals surface area contributed by atoms with Crippen LogP contribution in [0.15, 0.2) is 122 Å². The maximum atomic E-state index is 12.9. The van der Waals surface area contributed by atoms with E-state index >= 15 is 0 Å². The predicted octanol–water partition coefficient (Wildman–Crippen LogP) is 23.6. The quantitative estimate of drug-likeness (QED) is 0.0261. The average Bonchev–Trinajstić information content (AvgIpc) is 3.46. The standard InChI is InChI=1S/C75H126O6/c1-4-7-10-13-16-19-22-25-27-29-31-33-34-35-36-37-38-39-40-42-43-45-47-50-53-56-59-62-65-68-74(77)80-71-72(70-79-73(76)67-64-61-58-55-52-49-24-21-18-15-12-9-6-3)81-75(78)69-66-63-60-57-54-51-48-46-44-41-32-30-28-26-23-20-17-14-11-8-5-2/h7,10,12,15-16,19,21,23-27,30-33,35-36,38-39,72H,4-6,8-9,11,13-14,17-18,20,22,28-29,34,37,40-71H2,1-3H3/b10-7-,15-12-,19-16-,24-21-,26-23-,27-25-,32-30-,33-31-,36-35-,39-38-. The third-order valence-electron chi connectivity index (χ3n) is 14.4. The smallest absolute Gasteiger partial charge is 0.306 e. The number of carbonyl (C=O) groups excluding carboxylic acids is 3. The molecule has 0 bridgehead atoms. The van der Waals surface area contributed by atoms with Crippen molar-refractivity contribution in [2.75, 3.05) is 13.2 Å². The van der Waals surface area contributed by atoms with Crippen LogP contribution in [0.25, 0.3) is 0 Å². The van der Waals surface area contributed by atoms with E-state index in [-0.39, 0.29) is 31.1 Å². The summed E-state index contributed by atoms with van der Waals surface area (Å²) in [6, 6.07) is 0. The summed E-state index contributed by atoms with van der Waals surface area (Å²) in [7, 11) is 0. The summed E-state index contributed by atoms with van der Waals surface area (Å²) in [5.41, 5.74) is 0. The summed E-state index contributed by atoms with van der Waals surface area (Å²) < 4.78 is 16.9. The molecule has 0 spiro atoms. The first kappa shape index (κ1) is 76.8. The van der Waals surface area contributed by atoms with E-state index in [0.29, 0.717) is 19.3 Å². The monoisotopic (exact) mass is 1120 g/mol. The van der Waals surface area contributed by atoms with Gasteiger partial charge < -0.3 is 14.2 Å². The molecule has 0 aromatic carbocycles. The second kappa shape index (κ2) is 68.3. The van der Waals surface area contributed by atoms with Gasteiger partial charge in [0.1, 0.15) is 13.2 Å². The Labute approximate surface area is 501 Å². The van der Waals surface area contributed by atoms with E-state index in [1.54, 1.807) is 0 Å². The zero-order valence-corrected chi connectivity index (χ0v) is 53.0. The summed E-state index contributed by atoms with van der Waals surface area (Å²) in [4.78, 5) is 38.4. The Bertz CT molecular complexity index is 1670. The van der Waals surface area contributed by atoms with Crippen LogP contribution in [0.1, 0.15) is 316 Å². The van der Waals surface area contributed by atoms with Crippen molar-refractivity contribution in [2.45, 2.75) is 322 Å². The third kappa shape index (κ3) is 66.5. The van der Waals surface area contributed by atoms with E-state index in [0.717, 1.165) is 135 Å². The lowest BCUT2D eigenvalue weighted by atomic mass is 10.1. The van der Waals surface area contributed by atoms with Gasteiger partial charge in [0, 0.05) is 19.3 Å². The predicted molar refractivity (Wildman–Crippen MR) is 353 cm³/mol. The molecule has 0 saturated carbocycles. The third-order valence-corrected chi connectivity index (χ3v) is 14.4. The van der Waals surface area contributed by atoms with E-state index in [1.165, 1.54) is 141 Å². The molecule has 0 aliphatic rings. The zero-order chi connectivity index (χ0) is 58.5. The number of unbranched alkanes of at least 4 members (excludes halogenated alkanes) is 30. The fourth-order valence-electron chi connectivity index (χ4n) is 9.34. The minimum Gasteiger partial charge on any atom is -0.462 e. The van der Waals surface area contributed by atoms with E-state index in [2.05, 4.69) is 142 Å². The molecule has 0 heterocycles. The molecular formula is C75H126O6. The molecule has 1 atom stereocenters. The maximum Gasteiger partial charge on any atom is 0.306 e. The minimum atomic E-state index is -0.792. The molecule has 6 heteroatoms. The highest BCUT2D eigenvalue weighted by Crippen LogP contribution is 2.16. The molecule has 0 aliphatic heterocycles. The molecule has 0 saturated heterocycles. The summed E-state index contributed by atoms with van der Waals surface area (Å²) in [5, 5.41) is 0. The largest absolute Gasteiger partial charge is 0.462 e. The number of esters is 3. The molecule has 0 aromatic heterocycles. The Morgan fingerprint density at radius 1 is 0.259 bits per heavy atom. The molecule has 0 radical (unpaired) electrons. The molecule has 0 rings (SSSR count). The maximum absolute atomic E-state index is 12.9. The molecule has 1 unspecified atom stereocenters. The van der Waals surface area contributed by atoms with Crippen molar-refractivity contribution in [1.82, 2.24) is 0 Å². The van der Waals surface area contributed by atoms with Crippen LogP contribution in [0, 0.1) is 0 Å². The van der Waals surface area contributed by atoms with Gasteiger partial charge in [0.2, 0.25) is 0 Å². The van der Waals surface area contributed by atoms with Gasteiger partial charge >= 0.3 is 17.9 Å². The number of rotatable bonds is 61. The van der Waals surface area contributed by atoms with Crippen LogP contribution in [0.3, 0.4) is 0 Å². The molecule has 0 fully saturated rings. The Morgan fingerprint density at radius 3 is 0.802 bits per heavy atom. The SMILES string of the molecule is CC/C=C\C/C=C\C/C=C\C/C=C\C/C=C\C/C=C\CCCCCCCCCCCCC(=O)OCC(COC(=O)CCCCCCC/C=C\C/C=C\CCC)OC(=O)CCCCCCCCCCC/C=C\C/C=C\CCCCCCC. The van der Waals surface area contributed by atoms with Crippen LogP contribution in [0.5, 0.6) is 0 Å². The molecule has 0 aliphatic carbocycles. The average molecular weight is 1120 g/mol. The van der Waals surface area contributed by atoms with Crippen LogP contribution in [0.2, 0.25) is 0 Å². The van der Waals surface area contributed by atoms with Crippen molar-refractivity contribution in [3.8, 4) is 0 Å². The van der Waals surface area contributed by atoms with E-state index in [9.17, 15) is 14.4 Å². The number of hydrogen-bond acceptors (Lipinski definition) is 6. The van der Waals surface area contributed by atoms with Gasteiger partial charge in [0.15, 0.2) is 6.10 Å². The molecule has 81 heavy (non-hydrogen) atoms. The van der Waals surface area contributed by atoms with Gasteiger partial charge in [-0.05, 0) is 128 Å². The zero-order valence-electron chi connectivity index (χ0n) is 53.0. The highest BCUT2D eigenvalue weighted by molar-refractivity contribution is 5.71. The molecule has 0 aromatic rings. The Morgan fingerprint density at radius 2 is 0.506 bits per heavy atom. The van der Waals surface area contributed by atoms with Crippen LogP contribution in [0.4, 0.5) is 0 Å². The van der Waals surface area contributed by atoms with Crippen molar-refractivity contribution >= 4 is 17.9 Å². The van der Waals surface area contributed by atoms with Gasteiger partial charge in [-0.3, -0.25) is 14.4 Å². The minimum absolute atomic E-state index is 0.0876. The van der Waals surface area contributed by atoms with Crippen molar-refractivity contribution in [1.29, 1.82) is 0 Å². The number of ether oxygens (including phenoxy) is 3. The van der Waals surface area contributed by atoms with Gasteiger partial charge in [0.05, 0.1) is 0 Å². The first-order valence-electron chi connectivity index (χ1n) is 34.0. The van der Waals surface area contributed by atoms with Crippen LogP contribution in [-0.2, 0) is 28.6 Å². The Hall–Kier alpha value is -4.19. The fourth-order valence-corrected chi connectivity index (χ4v) is 9.34. The van der Waals surface area contributed by atoms with Gasteiger partial charge in [-0.25, -0.2) is 0 Å². The number of carbonyl (C=O) groups is 3. The van der Waals surface area contributed by atoms with Gasteiger partial charge in [-0.15, -0.1) is 0 Å². The first-order chi connectivity index (χ1) is 40.0. The van der Waals surface area contributed by atoms with Crippen LogP contribution in [-0.4, -0.2) is 37.2 Å². The van der Waals surface area contributed by atoms with Crippen molar-refractivity contribution in [3.05, 3.63) is 122 Å². The number of allylic oxidation sites excluding steroid dienone is 20. The second-order valence-electron chi connectivity index (χ2n) is 22.3. The fraction of sp³-hybridized carbons (Fsp3) is 0.693. The first-order valence-corrected chi connectivity index (χ1v) is 34.0. The highest BCUT2D eigenvalue weighted by atomic mass is 16.6. The van der Waals surface area contributed by atoms with Crippen molar-refractivity contribution < 1.29 is 28.6 Å². The Balaban J connectivity index is 4.32. The summed E-state index contributed by atoms with van der Waals surface area (Å²) in [6.07, 6.45) is 95.0. The van der Waals surface area contributed by atoms with E-state index in [4.69, 9.17) is 14.2 Å². The lowest BCUT2D eigenvalue weighted by Gasteiger charge is -2.18. The molecule has 6 nitrogen and oxygen atoms in total. The van der Waals surface area contributed by atoms with E-state index in [1.807, 2.05) is 0 Å². The highest BCUT2D eigenvalue weighted by Gasteiger charge is 2.19. The van der Waals surface area contributed by atoms with E-state index < -0.39 is 6.10 Å².